The molecule has 0 aliphatic carbocycles. The number of alkyl halides is 3. The van der Waals surface area contributed by atoms with Gasteiger partial charge in [0.05, 0.1) is 5.76 Å². The van der Waals surface area contributed by atoms with Crippen LogP contribution in [-0.2, 0) is 13.0 Å². The lowest BCUT2D eigenvalue weighted by molar-refractivity contribution is 0.263. The van der Waals surface area contributed by atoms with Crippen molar-refractivity contribution in [3.63, 3.8) is 0 Å². The number of aliphatic hydroxyl groups is 1. The molecule has 2 rings (SSSR count). The Morgan fingerprint density at radius 3 is 2.26 bits per heavy atom. The highest BCUT2D eigenvalue weighted by Gasteiger charge is 2.23. The molecule has 0 amide bonds. The predicted molar refractivity (Wildman–Crippen MR) is 123 cm³/mol. The van der Waals surface area contributed by atoms with E-state index in [-0.39, 0.29) is 18.2 Å². The van der Waals surface area contributed by atoms with Crippen LogP contribution in [0.2, 0.25) is 0 Å². The number of aliphatic hydroxyl groups excluding tert-OH is 1. The zero-order valence-corrected chi connectivity index (χ0v) is 19.5. The van der Waals surface area contributed by atoms with Gasteiger partial charge >= 0.3 is 0 Å². The lowest BCUT2D eigenvalue weighted by Gasteiger charge is -2.16. The molecular weight excluding hydrogens is 576 g/mol. The molecule has 0 saturated heterocycles. The summed E-state index contributed by atoms with van der Waals surface area (Å²) >= 11 is 3.47. The fraction of sp³-hybridized carbons (Fsp3) is 0.238. The van der Waals surface area contributed by atoms with Crippen LogP contribution in [0.25, 0.3) is 11.3 Å². The standard InChI is InChI=1S/C21H20F2I2O2/c1-4-20(19-11-17(22)9-10-18(19)13(2)14(3)26)27-12-15-5-7-16(8-6-15)21(23,24)25/h4-11,26H,12H2,1-3H3/b14-13+,20-4+. The molecular formula is C21H20F2I2O2. The first-order valence-electron chi connectivity index (χ1n) is 8.25. The summed E-state index contributed by atoms with van der Waals surface area (Å²) in [6, 6.07) is 11.4. The number of ether oxygens (including phenoxy) is 1. The molecule has 27 heavy (non-hydrogen) atoms. The van der Waals surface area contributed by atoms with Crippen molar-refractivity contribution < 1.29 is 18.6 Å². The monoisotopic (exact) mass is 596 g/mol. The SMILES string of the molecule is C/C=C(/OCc1ccc(C(F)(I)I)cc1)c1cc(F)ccc1/C(C)=C(\C)O. The van der Waals surface area contributed by atoms with Crippen molar-refractivity contribution >= 4 is 56.5 Å². The normalized spacial score (nSPS) is 13.4. The van der Waals surface area contributed by atoms with E-state index in [1.165, 1.54) is 12.1 Å². The molecule has 1 N–H and O–H groups in total. The van der Waals surface area contributed by atoms with Crippen LogP contribution in [0.15, 0.2) is 54.3 Å². The third kappa shape index (κ3) is 5.91. The molecule has 0 bridgehead atoms. The van der Waals surface area contributed by atoms with Crippen LogP contribution >= 0.6 is 45.2 Å². The largest absolute Gasteiger partial charge is 0.512 e. The number of hydrogen-bond acceptors (Lipinski definition) is 2. The van der Waals surface area contributed by atoms with Gasteiger partial charge in [0.15, 0.2) is 0 Å². The summed E-state index contributed by atoms with van der Waals surface area (Å²) in [7, 11) is 0. The molecule has 2 aromatic carbocycles. The second kappa shape index (κ2) is 9.36. The molecule has 2 nitrogen and oxygen atoms in total. The molecule has 0 aliphatic rings. The summed E-state index contributed by atoms with van der Waals surface area (Å²) in [4.78, 5) is 0. The van der Waals surface area contributed by atoms with Gasteiger partial charge in [0.2, 0.25) is 1.68 Å². The highest BCUT2D eigenvalue weighted by Crippen LogP contribution is 2.40. The molecule has 0 spiro atoms. The van der Waals surface area contributed by atoms with E-state index in [0.29, 0.717) is 28.0 Å². The maximum absolute atomic E-state index is 13.9. The van der Waals surface area contributed by atoms with Crippen molar-refractivity contribution in [2.24, 2.45) is 0 Å². The highest BCUT2D eigenvalue weighted by molar-refractivity contribution is 14.2. The summed E-state index contributed by atoms with van der Waals surface area (Å²) in [6.45, 7) is 5.43. The van der Waals surface area contributed by atoms with Crippen LogP contribution < -0.4 is 0 Å². The van der Waals surface area contributed by atoms with Crippen LogP contribution in [0, 0.1) is 5.82 Å². The van der Waals surface area contributed by atoms with Gasteiger partial charge in [0, 0.05) is 11.1 Å². The number of benzene rings is 2. The fourth-order valence-corrected chi connectivity index (χ4v) is 3.23. The van der Waals surface area contributed by atoms with E-state index in [0.717, 1.165) is 5.56 Å². The molecule has 0 aromatic heterocycles. The molecule has 0 heterocycles. The minimum absolute atomic E-state index is 0.168. The predicted octanol–water partition coefficient (Wildman–Crippen LogP) is 7.66. The van der Waals surface area contributed by atoms with Gasteiger partial charge in [-0.3, -0.25) is 0 Å². The molecule has 0 saturated carbocycles. The van der Waals surface area contributed by atoms with E-state index >= 15 is 0 Å². The second-order valence-electron chi connectivity index (χ2n) is 6.04. The third-order valence-corrected chi connectivity index (χ3v) is 5.38. The number of rotatable bonds is 6. The average Bonchev–Trinajstić information content (AvgIpc) is 2.61. The maximum Gasteiger partial charge on any atom is 0.235 e. The Hall–Kier alpha value is -1.16. The van der Waals surface area contributed by atoms with E-state index in [2.05, 4.69) is 0 Å². The maximum atomic E-state index is 13.9. The minimum Gasteiger partial charge on any atom is -0.512 e. The molecule has 0 radical (unpaired) electrons. The number of allylic oxidation sites excluding steroid dienone is 3. The first-order valence-corrected chi connectivity index (χ1v) is 10.4. The van der Waals surface area contributed by atoms with Crippen LogP contribution in [-0.4, -0.2) is 5.11 Å². The number of hydrogen-bond donors (Lipinski definition) is 1. The van der Waals surface area contributed by atoms with Crippen molar-refractivity contribution in [3.05, 3.63) is 82.4 Å². The number of halogens is 4. The Kier molecular flexibility index (Phi) is 7.67. The Labute approximate surface area is 185 Å². The van der Waals surface area contributed by atoms with Crippen LogP contribution in [0.1, 0.15) is 43.0 Å². The quantitative estimate of drug-likeness (QED) is 0.211. The summed E-state index contributed by atoms with van der Waals surface area (Å²) in [5.74, 6) is 0.297. The van der Waals surface area contributed by atoms with Crippen molar-refractivity contribution in [3.8, 4) is 0 Å². The molecule has 144 valence electrons. The van der Waals surface area contributed by atoms with E-state index in [4.69, 9.17) is 4.74 Å². The molecule has 0 aliphatic heterocycles. The van der Waals surface area contributed by atoms with E-state index < -0.39 is 1.68 Å². The molecule has 2 aromatic rings. The van der Waals surface area contributed by atoms with Crippen molar-refractivity contribution in [2.75, 3.05) is 0 Å². The van der Waals surface area contributed by atoms with Crippen LogP contribution in [0.3, 0.4) is 0 Å². The van der Waals surface area contributed by atoms with E-state index in [1.54, 1.807) is 83.3 Å². The van der Waals surface area contributed by atoms with Crippen LogP contribution in [0.4, 0.5) is 8.78 Å². The molecule has 0 atom stereocenters. The second-order valence-corrected chi connectivity index (χ2v) is 11.1. The fourth-order valence-electron chi connectivity index (χ4n) is 2.51. The van der Waals surface area contributed by atoms with Gasteiger partial charge in [-0.2, -0.15) is 0 Å². The van der Waals surface area contributed by atoms with Gasteiger partial charge in [-0.15, -0.1) is 0 Å². The Bertz CT molecular complexity index is 863. The third-order valence-electron chi connectivity index (χ3n) is 4.13. The molecule has 0 unspecified atom stereocenters. The summed E-state index contributed by atoms with van der Waals surface area (Å²) < 4.78 is 32.2. The Morgan fingerprint density at radius 2 is 1.74 bits per heavy atom. The lowest BCUT2D eigenvalue weighted by atomic mass is 9.98. The van der Waals surface area contributed by atoms with Gasteiger partial charge < -0.3 is 9.84 Å². The first-order chi connectivity index (χ1) is 12.6. The Morgan fingerprint density at radius 1 is 1.11 bits per heavy atom. The molecule has 0 fully saturated rings. The van der Waals surface area contributed by atoms with Crippen molar-refractivity contribution in [2.45, 2.75) is 29.1 Å². The summed E-state index contributed by atoms with van der Waals surface area (Å²) in [5, 5.41) is 9.82. The van der Waals surface area contributed by atoms with Gasteiger partial charge in [-0.25, -0.2) is 8.78 Å². The van der Waals surface area contributed by atoms with Crippen LogP contribution in [0.5, 0.6) is 0 Å². The summed E-state index contributed by atoms with van der Waals surface area (Å²) in [5.41, 5.74) is 3.38. The lowest BCUT2D eigenvalue weighted by Crippen LogP contribution is -2.01. The topological polar surface area (TPSA) is 29.5 Å². The molecule has 6 heteroatoms. The minimum atomic E-state index is -1.45. The van der Waals surface area contributed by atoms with Crippen molar-refractivity contribution in [1.82, 2.24) is 0 Å². The summed E-state index contributed by atoms with van der Waals surface area (Å²) in [6.07, 6.45) is 1.76. The average molecular weight is 596 g/mol. The zero-order valence-electron chi connectivity index (χ0n) is 15.2. The highest BCUT2D eigenvalue weighted by atomic mass is 127. The smallest absolute Gasteiger partial charge is 0.235 e. The zero-order chi connectivity index (χ0) is 20.2. The van der Waals surface area contributed by atoms with E-state index in [1.807, 2.05) is 19.1 Å². The van der Waals surface area contributed by atoms with Gasteiger partial charge in [-0.05, 0) is 101 Å². The van der Waals surface area contributed by atoms with E-state index in [9.17, 15) is 13.9 Å². The van der Waals surface area contributed by atoms with Crippen molar-refractivity contribution in [1.29, 1.82) is 0 Å². The Balaban J connectivity index is 2.26. The van der Waals surface area contributed by atoms with Gasteiger partial charge in [0.1, 0.15) is 18.2 Å². The van der Waals surface area contributed by atoms with Gasteiger partial charge in [0.25, 0.3) is 0 Å². The first kappa shape index (κ1) is 22.1. The van der Waals surface area contributed by atoms with Gasteiger partial charge in [-0.1, -0.05) is 30.3 Å².